The molecule has 0 saturated carbocycles. The smallest absolute Gasteiger partial charge is 0.135 e. The van der Waals surface area contributed by atoms with E-state index >= 15 is 0 Å². The Bertz CT molecular complexity index is 3310. The third-order valence-corrected chi connectivity index (χ3v) is 13.3. The normalized spacial score (nSPS) is 13.0. The van der Waals surface area contributed by atoms with Gasteiger partial charge in [-0.2, -0.15) is 12.1 Å². The largest absolute Gasteiger partial charge is 0.509 e. The van der Waals surface area contributed by atoms with Gasteiger partial charge in [0.15, 0.2) is 0 Å². The molecule has 0 atom stereocenters. The molecule has 7 aromatic carbocycles. The zero-order chi connectivity index (χ0) is 47.0. The van der Waals surface area contributed by atoms with Gasteiger partial charge in [0.25, 0.3) is 0 Å². The molecule has 0 fully saturated rings. The molecule has 1 aliphatic heterocycles. The van der Waals surface area contributed by atoms with Crippen molar-refractivity contribution in [3.05, 3.63) is 198 Å². The van der Waals surface area contributed by atoms with Crippen molar-refractivity contribution in [2.45, 2.75) is 92.4 Å². The van der Waals surface area contributed by atoms with Crippen LogP contribution in [0.5, 0.6) is 11.5 Å². The summed E-state index contributed by atoms with van der Waals surface area (Å²) in [5, 5.41) is 2.22. The van der Waals surface area contributed by atoms with E-state index in [-0.39, 0.29) is 37.3 Å². The SMILES string of the molecule is Cc1cc(-c2ccccc2)ccc1-c1cnc(-n2c3[c-]c(Oc4[c-]c(N5[CH-]N(c6cc(C(C)(C)C)cc(C(C)(C)C)c6)c6ccc(C(C)(C)C)cc65)ccc4)ccc3c3ccccc32)cc1C.[Pt]. The number of nitrogens with zero attached hydrogens (tertiary/aromatic N) is 4. The van der Waals surface area contributed by atoms with Crippen molar-refractivity contribution in [1.82, 2.24) is 9.55 Å². The van der Waals surface area contributed by atoms with Crippen molar-refractivity contribution in [3.8, 4) is 39.6 Å². The van der Waals surface area contributed by atoms with E-state index in [9.17, 15) is 0 Å². The van der Waals surface area contributed by atoms with E-state index in [4.69, 9.17) is 9.72 Å². The van der Waals surface area contributed by atoms with Crippen LogP contribution in [0.15, 0.2) is 152 Å². The maximum atomic E-state index is 6.71. The van der Waals surface area contributed by atoms with E-state index < -0.39 is 0 Å². The molecule has 0 spiro atoms. The molecule has 346 valence electrons. The average Bonchev–Trinajstić information content (AvgIpc) is 3.84. The molecule has 6 heteroatoms. The fourth-order valence-corrected chi connectivity index (χ4v) is 9.29. The number of pyridine rings is 1. The van der Waals surface area contributed by atoms with Crippen LogP contribution in [0.2, 0.25) is 0 Å². The van der Waals surface area contributed by atoms with Crippen LogP contribution < -0.4 is 14.5 Å². The van der Waals surface area contributed by atoms with Gasteiger partial charge in [-0.15, -0.1) is 48.1 Å². The molecule has 0 amide bonds. The van der Waals surface area contributed by atoms with E-state index in [0.29, 0.717) is 11.5 Å². The first-order chi connectivity index (χ1) is 31.9. The van der Waals surface area contributed by atoms with Gasteiger partial charge in [0.2, 0.25) is 0 Å². The van der Waals surface area contributed by atoms with Gasteiger partial charge in [0.05, 0.1) is 0 Å². The van der Waals surface area contributed by atoms with Crippen LogP contribution in [0.4, 0.5) is 22.7 Å². The number of hydrogen-bond acceptors (Lipinski definition) is 4. The Morgan fingerprint density at radius 3 is 1.88 bits per heavy atom. The van der Waals surface area contributed by atoms with Gasteiger partial charge in [0.1, 0.15) is 5.82 Å². The van der Waals surface area contributed by atoms with Crippen molar-refractivity contribution in [3.63, 3.8) is 0 Å². The summed E-state index contributed by atoms with van der Waals surface area (Å²) in [5.41, 5.74) is 17.1. The molecule has 5 nitrogen and oxygen atoms in total. The molecule has 0 unspecified atom stereocenters. The summed E-state index contributed by atoms with van der Waals surface area (Å²) in [5.74, 6) is 2.04. The number of fused-ring (bicyclic) bond motifs is 4. The summed E-state index contributed by atoms with van der Waals surface area (Å²) in [6, 6.07) is 59.4. The maximum Gasteiger partial charge on any atom is 0.135 e. The van der Waals surface area contributed by atoms with Crippen LogP contribution in [0.1, 0.15) is 90.1 Å². The summed E-state index contributed by atoms with van der Waals surface area (Å²) in [6.45, 7) is 27.1. The van der Waals surface area contributed by atoms with Gasteiger partial charge < -0.3 is 19.1 Å². The maximum absolute atomic E-state index is 6.71. The summed E-state index contributed by atoms with van der Waals surface area (Å²) in [7, 11) is 0. The monoisotopic (exact) mass is 1070 g/mol. The topological polar surface area (TPSA) is 33.5 Å². The van der Waals surface area contributed by atoms with Crippen LogP contribution >= 0.6 is 0 Å². The van der Waals surface area contributed by atoms with E-state index in [1.807, 2.05) is 24.4 Å². The number of aryl methyl sites for hydroxylation is 2. The fourth-order valence-electron chi connectivity index (χ4n) is 9.29. The van der Waals surface area contributed by atoms with Crippen LogP contribution in [0.25, 0.3) is 49.9 Å². The standard InChI is InChI=1S/C62H59N4O.Pt/c1-40-30-43(42-18-13-12-14-19-42)24-27-51(40)54-38-63-59(31-41(54)2)66-55-23-16-15-22-52(55)53-28-26-50(37-57(53)66)67-49-21-17-20-47(36-49)64-39-65(56-29-25-44(35-58(56)64)60(3,4)5)48-33-45(61(6,7)8)32-46(34-48)62(9,10)11;/h12-35,38-39H,1-11H3;/q-3;. The number of rotatable bonds is 7. The van der Waals surface area contributed by atoms with E-state index in [0.717, 1.165) is 61.5 Å². The van der Waals surface area contributed by atoms with Gasteiger partial charge in [-0.05, 0) is 116 Å². The molecule has 1 aliphatic rings. The molecule has 9 aromatic rings. The minimum Gasteiger partial charge on any atom is -0.509 e. The van der Waals surface area contributed by atoms with Crippen LogP contribution in [-0.2, 0) is 37.3 Å². The first kappa shape index (κ1) is 46.7. The summed E-state index contributed by atoms with van der Waals surface area (Å²) in [4.78, 5) is 9.72. The van der Waals surface area contributed by atoms with Gasteiger partial charge >= 0.3 is 0 Å². The third kappa shape index (κ3) is 8.78. The summed E-state index contributed by atoms with van der Waals surface area (Å²) >= 11 is 0. The number of para-hydroxylation sites is 1. The molecule has 68 heavy (non-hydrogen) atoms. The predicted molar refractivity (Wildman–Crippen MR) is 281 cm³/mol. The van der Waals surface area contributed by atoms with Crippen LogP contribution in [0.3, 0.4) is 0 Å². The van der Waals surface area contributed by atoms with Gasteiger partial charge in [0, 0.05) is 66.9 Å². The Balaban J connectivity index is 0.00000578. The number of anilines is 4. The van der Waals surface area contributed by atoms with Gasteiger partial charge in [-0.25, -0.2) is 4.98 Å². The molecule has 0 N–H and O–H groups in total. The van der Waals surface area contributed by atoms with Gasteiger partial charge in [-0.3, -0.25) is 0 Å². The summed E-state index contributed by atoms with van der Waals surface area (Å²) < 4.78 is 8.92. The molecule has 10 rings (SSSR count). The van der Waals surface area contributed by atoms with E-state index in [2.05, 4.69) is 237 Å². The predicted octanol–water partition coefficient (Wildman–Crippen LogP) is 16.8. The van der Waals surface area contributed by atoms with Crippen molar-refractivity contribution < 1.29 is 25.8 Å². The molecule has 2 aromatic heterocycles. The minimum absolute atomic E-state index is 0. The zero-order valence-corrected chi connectivity index (χ0v) is 43.3. The average molecular weight is 1070 g/mol. The number of benzene rings is 7. The van der Waals surface area contributed by atoms with Crippen molar-refractivity contribution >= 4 is 44.6 Å². The minimum atomic E-state index is -0.0321. The fraction of sp³-hybridized carbons (Fsp3) is 0.226. The van der Waals surface area contributed by atoms with Crippen molar-refractivity contribution in [1.29, 1.82) is 0 Å². The van der Waals surface area contributed by atoms with Crippen LogP contribution in [0, 0.1) is 32.6 Å². The second kappa shape index (κ2) is 17.6. The molecule has 0 radical (unpaired) electrons. The Kier molecular flexibility index (Phi) is 12.1. The summed E-state index contributed by atoms with van der Waals surface area (Å²) in [6.07, 6.45) is 2.01. The molecule has 3 heterocycles. The van der Waals surface area contributed by atoms with Gasteiger partial charge in [-0.1, -0.05) is 147 Å². The molecule has 0 saturated heterocycles. The van der Waals surface area contributed by atoms with Crippen LogP contribution in [-0.4, -0.2) is 9.55 Å². The number of ether oxygens (including phenoxy) is 1. The number of aromatic nitrogens is 2. The molecular weight excluding hydrogens is 1010 g/mol. The Labute approximate surface area is 417 Å². The first-order valence-corrected chi connectivity index (χ1v) is 23.4. The zero-order valence-electron chi connectivity index (χ0n) is 41.0. The van der Waals surface area contributed by atoms with E-state index in [1.165, 1.54) is 38.9 Å². The Morgan fingerprint density at radius 2 is 1.19 bits per heavy atom. The Hall–Kier alpha value is -6.42. The second-order valence-corrected chi connectivity index (χ2v) is 21.3. The molecule has 0 aliphatic carbocycles. The second-order valence-electron chi connectivity index (χ2n) is 21.3. The molecule has 0 bridgehead atoms. The van der Waals surface area contributed by atoms with Crippen molar-refractivity contribution in [2.75, 3.05) is 9.80 Å². The third-order valence-electron chi connectivity index (χ3n) is 13.3. The quantitative estimate of drug-likeness (QED) is 0.149. The van der Waals surface area contributed by atoms with Crippen molar-refractivity contribution in [2.24, 2.45) is 0 Å². The number of hydrogen-bond donors (Lipinski definition) is 0. The van der Waals surface area contributed by atoms with E-state index in [1.54, 1.807) is 0 Å². The molecular formula is C62H59N4OPt-3. The Morgan fingerprint density at radius 1 is 0.515 bits per heavy atom. The first-order valence-electron chi connectivity index (χ1n) is 23.4.